The van der Waals surface area contributed by atoms with E-state index in [1.165, 1.54) is 33.1 Å². The Hall–Kier alpha value is -4.43. The van der Waals surface area contributed by atoms with Crippen LogP contribution in [0, 0.1) is 5.41 Å². The fourth-order valence-corrected chi connectivity index (χ4v) is 4.88. The van der Waals surface area contributed by atoms with Gasteiger partial charge >= 0.3 is 0 Å². The smallest absolute Gasteiger partial charge is 0.136 e. The van der Waals surface area contributed by atoms with Crippen LogP contribution in [0.25, 0.3) is 60.2 Å². The summed E-state index contributed by atoms with van der Waals surface area (Å²) in [6, 6.07) is 31.8. The zero-order valence-electron chi connectivity index (χ0n) is 18.0. The summed E-state index contributed by atoms with van der Waals surface area (Å²) in [7, 11) is 0. The molecule has 0 unspecified atom stereocenters. The molecular formula is C31H21NO. The van der Waals surface area contributed by atoms with Gasteiger partial charge in [0, 0.05) is 17.0 Å². The highest BCUT2D eigenvalue weighted by Gasteiger charge is 2.16. The van der Waals surface area contributed by atoms with Gasteiger partial charge in [0.25, 0.3) is 0 Å². The molecule has 2 nitrogen and oxygen atoms in total. The summed E-state index contributed by atoms with van der Waals surface area (Å²) in [4.78, 5) is 0. The Labute approximate surface area is 191 Å². The lowest BCUT2D eigenvalue weighted by atomic mass is 9.92. The van der Waals surface area contributed by atoms with Crippen LogP contribution in [0.3, 0.4) is 0 Å². The fourth-order valence-electron chi connectivity index (χ4n) is 4.88. The Morgan fingerprint density at radius 3 is 2.30 bits per heavy atom. The monoisotopic (exact) mass is 423 g/mol. The molecule has 0 aliphatic heterocycles. The minimum Gasteiger partial charge on any atom is -0.456 e. The average molecular weight is 424 g/mol. The van der Waals surface area contributed by atoms with Crippen molar-refractivity contribution in [2.24, 2.45) is 0 Å². The first kappa shape index (κ1) is 19.3. The van der Waals surface area contributed by atoms with Crippen LogP contribution >= 0.6 is 0 Å². The van der Waals surface area contributed by atoms with Gasteiger partial charge in [0.15, 0.2) is 0 Å². The van der Waals surface area contributed by atoms with Crippen molar-refractivity contribution in [2.75, 3.05) is 0 Å². The normalized spacial score (nSPS) is 12.1. The van der Waals surface area contributed by atoms with Gasteiger partial charge in [-0.25, -0.2) is 0 Å². The summed E-state index contributed by atoms with van der Waals surface area (Å²) in [6.45, 7) is 3.91. The van der Waals surface area contributed by atoms with E-state index >= 15 is 0 Å². The first-order valence-electron chi connectivity index (χ1n) is 11.0. The van der Waals surface area contributed by atoms with Gasteiger partial charge in [0.05, 0.1) is 0 Å². The predicted octanol–water partition coefficient (Wildman–Crippen LogP) is 8.78. The van der Waals surface area contributed by atoms with Crippen LogP contribution in [0.2, 0.25) is 0 Å². The van der Waals surface area contributed by atoms with Gasteiger partial charge in [0.2, 0.25) is 0 Å². The van der Waals surface area contributed by atoms with Crippen LogP contribution in [-0.2, 0) is 0 Å². The summed E-state index contributed by atoms with van der Waals surface area (Å²) in [5.41, 5.74) is 5.98. The van der Waals surface area contributed by atoms with E-state index in [0.29, 0.717) is 0 Å². The summed E-state index contributed by atoms with van der Waals surface area (Å²) in [5.74, 6) is 0. The van der Waals surface area contributed by atoms with E-state index < -0.39 is 0 Å². The molecule has 0 amide bonds. The molecule has 0 aliphatic carbocycles. The second-order valence-corrected chi connectivity index (χ2v) is 8.18. The Kier molecular flexibility index (Phi) is 4.44. The first-order chi connectivity index (χ1) is 16.3. The molecule has 0 fully saturated rings. The van der Waals surface area contributed by atoms with Crippen LogP contribution < -0.4 is 0 Å². The Morgan fingerprint density at radius 1 is 0.727 bits per heavy atom. The standard InChI is InChI=1S/C31H21NO/c1-2-20(16-17-32)22-9-7-10-23(18-22)27-19-29-31(26-13-6-5-12-25(26)27)30-24-11-4-3-8-21(24)14-15-28(30)33-29/h2-19,32H,1H2/b20-16+,32-17?. The molecular weight excluding hydrogens is 402 g/mol. The van der Waals surface area contributed by atoms with Crippen molar-refractivity contribution in [1.82, 2.24) is 0 Å². The van der Waals surface area contributed by atoms with Crippen molar-refractivity contribution in [1.29, 1.82) is 5.41 Å². The summed E-state index contributed by atoms with van der Waals surface area (Å²) < 4.78 is 6.41. The van der Waals surface area contributed by atoms with Gasteiger partial charge in [-0.05, 0) is 68.1 Å². The average Bonchev–Trinajstić information content (AvgIpc) is 3.26. The number of furan rings is 1. The van der Waals surface area contributed by atoms with E-state index in [9.17, 15) is 0 Å². The highest BCUT2D eigenvalue weighted by molar-refractivity contribution is 6.28. The number of nitrogens with one attached hydrogen (secondary N) is 1. The third-order valence-electron chi connectivity index (χ3n) is 6.36. The Bertz CT molecular complexity index is 1750. The van der Waals surface area contributed by atoms with Crippen molar-refractivity contribution in [3.05, 3.63) is 115 Å². The molecule has 0 saturated heterocycles. The Morgan fingerprint density at radius 2 is 1.48 bits per heavy atom. The highest BCUT2D eigenvalue weighted by atomic mass is 16.3. The molecule has 33 heavy (non-hydrogen) atoms. The van der Waals surface area contributed by atoms with Crippen LogP contribution in [0.5, 0.6) is 0 Å². The topological polar surface area (TPSA) is 37.0 Å². The van der Waals surface area contributed by atoms with Gasteiger partial charge in [-0.15, -0.1) is 0 Å². The van der Waals surface area contributed by atoms with Crippen molar-refractivity contribution in [3.63, 3.8) is 0 Å². The molecule has 156 valence electrons. The van der Waals surface area contributed by atoms with E-state index in [0.717, 1.165) is 38.8 Å². The first-order valence-corrected chi connectivity index (χ1v) is 11.0. The van der Waals surface area contributed by atoms with Crippen molar-refractivity contribution in [2.45, 2.75) is 0 Å². The molecule has 2 heteroatoms. The van der Waals surface area contributed by atoms with Crippen LogP contribution in [0.4, 0.5) is 0 Å². The summed E-state index contributed by atoms with van der Waals surface area (Å²) in [6.07, 6.45) is 4.84. The highest BCUT2D eigenvalue weighted by Crippen LogP contribution is 2.42. The number of hydrogen-bond acceptors (Lipinski definition) is 2. The third kappa shape index (κ3) is 3.00. The lowest BCUT2D eigenvalue weighted by Crippen LogP contribution is -1.87. The van der Waals surface area contributed by atoms with Crippen molar-refractivity contribution in [3.8, 4) is 11.1 Å². The second-order valence-electron chi connectivity index (χ2n) is 8.18. The molecule has 5 aromatic carbocycles. The molecule has 1 heterocycles. The maximum atomic E-state index is 7.45. The van der Waals surface area contributed by atoms with E-state index in [1.54, 1.807) is 12.2 Å². The molecule has 0 atom stereocenters. The van der Waals surface area contributed by atoms with Gasteiger partial charge < -0.3 is 9.83 Å². The minimum atomic E-state index is 0.888. The Balaban J connectivity index is 1.71. The molecule has 1 aromatic heterocycles. The molecule has 0 saturated carbocycles. The molecule has 0 spiro atoms. The van der Waals surface area contributed by atoms with Crippen molar-refractivity contribution < 1.29 is 4.42 Å². The van der Waals surface area contributed by atoms with Gasteiger partial charge in [0.1, 0.15) is 11.2 Å². The van der Waals surface area contributed by atoms with Gasteiger partial charge in [-0.3, -0.25) is 0 Å². The van der Waals surface area contributed by atoms with Gasteiger partial charge in [-0.2, -0.15) is 0 Å². The summed E-state index contributed by atoms with van der Waals surface area (Å²) >= 11 is 0. The van der Waals surface area contributed by atoms with Crippen LogP contribution in [-0.4, -0.2) is 6.21 Å². The number of hydrogen-bond donors (Lipinski definition) is 1. The van der Waals surface area contributed by atoms with Crippen LogP contribution in [0.15, 0.2) is 114 Å². The third-order valence-corrected chi connectivity index (χ3v) is 6.36. The second kappa shape index (κ2) is 7.61. The lowest BCUT2D eigenvalue weighted by molar-refractivity contribution is 0.669. The number of rotatable bonds is 4. The fraction of sp³-hybridized carbons (Fsp3) is 0. The minimum absolute atomic E-state index is 0.888. The van der Waals surface area contributed by atoms with E-state index in [2.05, 4.69) is 97.6 Å². The molecule has 1 N–H and O–H groups in total. The van der Waals surface area contributed by atoms with E-state index in [1.807, 2.05) is 0 Å². The zero-order valence-corrected chi connectivity index (χ0v) is 18.0. The van der Waals surface area contributed by atoms with Gasteiger partial charge in [-0.1, -0.05) is 85.5 Å². The maximum Gasteiger partial charge on any atom is 0.136 e. The number of benzene rings is 5. The molecule has 0 aliphatic rings. The maximum absolute atomic E-state index is 7.45. The molecule has 0 radical (unpaired) electrons. The molecule has 0 bridgehead atoms. The predicted molar refractivity (Wildman–Crippen MR) is 141 cm³/mol. The van der Waals surface area contributed by atoms with E-state index in [4.69, 9.17) is 9.83 Å². The quantitative estimate of drug-likeness (QED) is 0.223. The van der Waals surface area contributed by atoms with Crippen molar-refractivity contribution >= 4 is 55.3 Å². The molecule has 6 aromatic rings. The van der Waals surface area contributed by atoms with Crippen LogP contribution in [0.1, 0.15) is 5.56 Å². The number of allylic oxidation sites excluding steroid dienone is 3. The lowest BCUT2D eigenvalue weighted by Gasteiger charge is -2.11. The largest absolute Gasteiger partial charge is 0.456 e. The molecule has 6 rings (SSSR count). The summed E-state index contributed by atoms with van der Waals surface area (Å²) in [5, 5.41) is 14.6. The SMILES string of the molecule is C=C/C(=C\C=N)c1cccc(-c2cc3oc4ccc5ccccc5c4c3c3ccccc23)c1. The zero-order chi connectivity index (χ0) is 22.4. The van der Waals surface area contributed by atoms with E-state index in [-0.39, 0.29) is 0 Å². The number of fused-ring (bicyclic) bond motifs is 7.